The number of nitrogens with one attached hydrogen (secondary N) is 1. The highest BCUT2D eigenvalue weighted by Crippen LogP contribution is 2.17. The van der Waals surface area contributed by atoms with E-state index in [0.29, 0.717) is 11.8 Å². The molecule has 0 fully saturated rings. The lowest BCUT2D eigenvalue weighted by molar-refractivity contribution is -0.119. The van der Waals surface area contributed by atoms with Crippen LogP contribution in [0.15, 0.2) is 12.3 Å². The minimum absolute atomic E-state index is 0.0475. The van der Waals surface area contributed by atoms with Crippen molar-refractivity contribution in [1.82, 2.24) is 5.32 Å². The fourth-order valence-electron chi connectivity index (χ4n) is 1.54. The molecule has 0 saturated carbocycles. The summed E-state index contributed by atoms with van der Waals surface area (Å²) < 4.78 is 0. The molecule has 0 aliphatic rings. The van der Waals surface area contributed by atoms with Gasteiger partial charge in [0.25, 0.3) is 0 Å². The predicted molar refractivity (Wildman–Crippen MR) is 70.3 cm³/mol. The van der Waals surface area contributed by atoms with Gasteiger partial charge in [0.2, 0.25) is 0 Å². The van der Waals surface area contributed by atoms with Crippen molar-refractivity contribution >= 4 is 5.78 Å². The van der Waals surface area contributed by atoms with E-state index < -0.39 is 0 Å². The molecule has 2 atom stereocenters. The van der Waals surface area contributed by atoms with Gasteiger partial charge in [-0.3, -0.25) is 4.79 Å². The van der Waals surface area contributed by atoms with Gasteiger partial charge in [0.15, 0.2) is 5.78 Å². The highest BCUT2D eigenvalue weighted by Gasteiger charge is 2.17. The Hall–Kier alpha value is -0.790. The SMILES string of the molecule is C=C(N[C@@H](CCCC)C(C)=O)[C@@H](C)C(C)C. The van der Waals surface area contributed by atoms with Crippen molar-refractivity contribution < 1.29 is 4.79 Å². The molecule has 0 aromatic rings. The van der Waals surface area contributed by atoms with Crippen molar-refractivity contribution in [2.24, 2.45) is 11.8 Å². The summed E-state index contributed by atoms with van der Waals surface area (Å²) in [7, 11) is 0. The Morgan fingerprint density at radius 3 is 2.25 bits per heavy atom. The molecule has 1 N–H and O–H groups in total. The Balaban J connectivity index is 4.28. The normalized spacial score (nSPS) is 14.6. The van der Waals surface area contributed by atoms with Gasteiger partial charge < -0.3 is 5.32 Å². The number of unbranched alkanes of at least 4 members (excludes halogenated alkanes) is 1. The van der Waals surface area contributed by atoms with Crippen LogP contribution in [0.3, 0.4) is 0 Å². The number of hydrogen-bond acceptors (Lipinski definition) is 2. The maximum absolute atomic E-state index is 11.5. The Morgan fingerprint density at radius 2 is 1.88 bits per heavy atom. The summed E-state index contributed by atoms with van der Waals surface area (Å²) in [6, 6.07) is -0.0475. The van der Waals surface area contributed by atoms with Gasteiger partial charge in [0.1, 0.15) is 0 Å². The van der Waals surface area contributed by atoms with E-state index in [1.165, 1.54) is 0 Å². The van der Waals surface area contributed by atoms with Gasteiger partial charge in [-0.15, -0.1) is 0 Å². The molecule has 94 valence electrons. The van der Waals surface area contributed by atoms with Gasteiger partial charge in [-0.2, -0.15) is 0 Å². The Bertz CT molecular complexity index is 233. The molecule has 0 aromatic heterocycles. The summed E-state index contributed by atoms with van der Waals surface area (Å²) in [4.78, 5) is 11.5. The number of rotatable bonds is 8. The number of carbonyl (C=O) groups excluding carboxylic acids is 1. The van der Waals surface area contributed by atoms with Gasteiger partial charge in [-0.1, -0.05) is 47.1 Å². The smallest absolute Gasteiger partial charge is 0.151 e. The van der Waals surface area contributed by atoms with Gasteiger partial charge in [0.05, 0.1) is 6.04 Å². The van der Waals surface area contributed by atoms with E-state index in [-0.39, 0.29) is 11.8 Å². The molecule has 0 spiro atoms. The lowest BCUT2D eigenvalue weighted by Gasteiger charge is -2.24. The van der Waals surface area contributed by atoms with Crippen LogP contribution in [0.2, 0.25) is 0 Å². The maximum Gasteiger partial charge on any atom is 0.151 e. The van der Waals surface area contributed by atoms with E-state index >= 15 is 0 Å². The molecule has 0 bridgehead atoms. The maximum atomic E-state index is 11.5. The first kappa shape index (κ1) is 15.2. The number of ketones is 1. The van der Waals surface area contributed by atoms with Crippen LogP contribution in [0.1, 0.15) is 53.9 Å². The lowest BCUT2D eigenvalue weighted by Crippen LogP contribution is -2.36. The highest BCUT2D eigenvalue weighted by molar-refractivity contribution is 5.81. The number of carbonyl (C=O) groups is 1. The van der Waals surface area contributed by atoms with E-state index in [1.54, 1.807) is 6.92 Å². The standard InChI is InChI=1S/C14H27NO/c1-7-8-9-14(13(6)16)15-12(5)11(4)10(2)3/h10-11,14-15H,5,7-9H2,1-4,6H3/t11-,14-/m0/s1. The second-order valence-electron chi connectivity index (χ2n) is 5.01. The zero-order valence-corrected chi connectivity index (χ0v) is 11.5. The van der Waals surface area contributed by atoms with Crippen LogP contribution in [0.4, 0.5) is 0 Å². The van der Waals surface area contributed by atoms with E-state index in [2.05, 4.69) is 39.6 Å². The van der Waals surface area contributed by atoms with E-state index in [4.69, 9.17) is 0 Å². The van der Waals surface area contributed by atoms with Crippen LogP contribution in [0, 0.1) is 11.8 Å². The van der Waals surface area contributed by atoms with E-state index in [1.807, 2.05) is 0 Å². The van der Waals surface area contributed by atoms with Gasteiger partial charge in [0, 0.05) is 5.70 Å². The second kappa shape index (κ2) is 7.48. The van der Waals surface area contributed by atoms with Crippen molar-refractivity contribution in [3.8, 4) is 0 Å². The summed E-state index contributed by atoms with van der Waals surface area (Å²) in [5.41, 5.74) is 0.992. The summed E-state index contributed by atoms with van der Waals surface area (Å²) >= 11 is 0. The largest absolute Gasteiger partial charge is 0.379 e. The quantitative estimate of drug-likeness (QED) is 0.684. The Kier molecular flexibility index (Phi) is 7.11. The molecule has 0 rings (SSSR count). The first-order chi connectivity index (χ1) is 7.40. The van der Waals surface area contributed by atoms with Crippen LogP contribution >= 0.6 is 0 Å². The van der Waals surface area contributed by atoms with Crippen LogP contribution in [0.25, 0.3) is 0 Å². The van der Waals surface area contributed by atoms with Crippen molar-refractivity contribution in [1.29, 1.82) is 0 Å². The molecule has 2 heteroatoms. The van der Waals surface area contributed by atoms with Crippen molar-refractivity contribution in [3.05, 3.63) is 12.3 Å². The van der Waals surface area contributed by atoms with Crippen LogP contribution in [-0.2, 0) is 4.79 Å². The fourth-order valence-corrected chi connectivity index (χ4v) is 1.54. The van der Waals surface area contributed by atoms with Crippen molar-refractivity contribution in [3.63, 3.8) is 0 Å². The summed E-state index contributed by atoms with van der Waals surface area (Å²) in [5, 5.41) is 3.29. The predicted octanol–water partition coefficient (Wildman–Crippen LogP) is 3.53. The molecule has 2 nitrogen and oxygen atoms in total. The Labute approximate surface area is 101 Å². The minimum atomic E-state index is -0.0475. The first-order valence-electron chi connectivity index (χ1n) is 6.35. The molecule has 0 amide bonds. The molecule has 0 heterocycles. The molecule has 0 aliphatic heterocycles. The van der Waals surface area contributed by atoms with Crippen LogP contribution in [-0.4, -0.2) is 11.8 Å². The van der Waals surface area contributed by atoms with Crippen molar-refractivity contribution in [2.45, 2.75) is 59.9 Å². The topological polar surface area (TPSA) is 29.1 Å². The third kappa shape index (κ3) is 5.34. The summed E-state index contributed by atoms with van der Waals surface area (Å²) in [6.45, 7) is 14.3. The highest BCUT2D eigenvalue weighted by atomic mass is 16.1. The molecule has 0 unspecified atom stereocenters. The Morgan fingerprint density at radius 1 is 1.31 bits per heavy atom. The monoisotopic (exact) mass is 225 g/mol. The van der Waals surface area contributed by atoms with E-state index in [9.17, 15) is 4.79 Å². The zero-order valence-electron chi connectivity index (χ0n) is 11.5. The average molecular weight is 225 g/mol. The molecular formula is C14H27NO. The van der Waals surface area contributed by atoms with E-state index in [0.717, 1.165) is 25.0 Å². The average Bonchev–Trinajstić information content (AvgIpc) is 2.21. The summed E-state index contributed by atoms with van der Waals surface area (Å²) in [5.74, 6) is 1.17. The molecule has 0 radical (unpaired) electrons. The van der Waals surface area contributed by atoms with Crippen molar-refractivity contribution in [2.75, 3.05) is 0 Å². The van der Waals surface area contributed by atoms with Crippen LogP contribution in [0.5, 0.6) is 0 Å². The van der Waals surface area contributed by atoms with Gasteiger partial charge >= 0.3 is 0 Å². The second-order valence-corrected chi connectivity index (χ2v) is 5.01. The van der Waals surface area contributed by atoms with Gasteiger partial charge in [-0.05, 0) is 25.2 Å². The van der Waals surface area contributed by atoms with Gasteiger partial charge in [-0.25, -0.2) is 0 Å². The molecule has 0 aliphatic carbocycles. The molecule has 0 saturated heterocycles. The lowest BCUT2D eigenvalue weighted by atomic mass is 9.94. The third-order valence-electron chi connectivity index (χ3n) is 3.25. The third-order valence-corrected chi connectivity index (χ3v) is 3.25. The number of hydrogen-bond donors (Lipinski definition) is 1. The number of Topliss-reactive ketones (excluding diaryl/α,β-unsaturated/α-hetero) is 1. The molecule has 0 aromatic carbocycles. The molecular weight excluding hydrogens is 198 g/mol. The zero-order chi connectivity index (χ0) is 12.7. The fraction of sp³-hybridized carbons (Fsp3) is 0.786. The number of allylic oxidation sites excluding steroid dienone is 1. The first-order valence-corrected chi connectivity index (χ1v) is 6.35. The summed E-state index contributed by atoms with van der Waals surface area (Å²) in [6.07, 6.45) is 3.12. The van der Waals surface area contributed by atoms with Crippen LogP contribution < -0.4 is 5.32 Å². The molecule has 16 heavy (non-hydrogen) atoms. The minimum Gasteiger partial charge on any atom is -0.379 e.